The zero-order valence-corrected chi connectivity index (χ0v) is 10.9. The summed E-state index contributed by atoms with van der Waals surface area (Å²) in [6, 6.07) is 0. The monoisotopic (exact) mass is 258 g/mol. The maximum absolute atomic E-state index is 11.8. The molecule has 0 aromatic carbocycles. The van der Waals surface area contributed by atoms with E-state index >= 15 is 0 Å². The number of hydrogen-bond acceptors (Lipinski definition) is 5. The number of rotatable bonds is 6. The summed E-state index contributed by atoms with van der Waals surface area (Å²) in [4.78, 5) is 25.1. The summed E-state index contributed by atoms with van der Waals surface area (Å²) in [6.07, 6.45) is 1.61. The van der Waals surface area contributed by atoms with E-state index in [1.165, 1.54) is 0 Å². The minimum Gasteiger partial charge on any atom is -0.466 e. The number of piperidine rings is 1. The Labute approximate surface area is 107 Å². The summed E-state index contributed by atoms with van der Waals surface area (Å²) in [5.74, 6) is -0.493. The van der Waals surface area contributed by atoms with Crippen LogP contribution in [0, 0.1) is 5.92 Å². The lowest BCUT2D eigenvalue weighted by atomic mass is 9.98. The quantitative estimate of drug-likeness (QED) is 0.525. The Morgan fingerprint density at radius 1 is 1.44 bits per heavy atom. The second-order valence-electron chi connectivity index (χ2n) is 4.27. The maximum Gasteiger partial charge on any atom is 0.310 e. The minimum absolute atomic E-state index is 0.0345. The van der Waals surface area contributed by atoms with E-state index in [1.54, 1.807) is 11.8 Å². The highest BCUT2D eigenvalue weighted by Gasteiger charge is 2.29. The van der Waals surface area contributed by atoms with Crippen LogP contribution in [0.4, 0.5) is 0 Å². The van der Waals surface area contributed by atoms with Gasteiger partial charge in [-0.25, -0.2) is 0 Å². The number of hydrogen-bond donors (Lipinski definition) is 1. The zero-order chi connectivity index (χ0) is 13.4. The molecule has 1 saturated heterocycles. The molecular weight excluding hydrogens is 236 g/mol. The first-order valence-corrected chi connectivity index (χ1v) is 6.41. The number of esters is 1. The minimum atomic E-state index is -0.210. The molecule has 0 aromatic rings. The highest BCUT2D eigenvalue weighted by Crippen LogP contribution is 2.18. The molecule has 104 valence electrons. The van der Waals surface area contributed by atoms with Gasteiger partial charge < -0.3 is 20.1 Å². The van der Waals surface area contributed by atoms with Gasteiger partial charge in [-0.3, -0.25) is 9.59 Å². The second kappa shape index (κ2) is 8.05. The van der Waals surface area contributed by atoms with Crippen LogP contribution in [0.1, 0.15) is 19.8 Å². The Morgan fingerprint density at radius 3 is 2.89 bits per heavy atom. The van der Waals surface area contributed by atoms with Crippen molar-refractivity contribution in [3.05, 3.63) is 0 Å². The fourth-order valence-corrected chi connectivity index (χ4v) is 1.99. The Kier molecular flexibility index (Phi) is 6.67. The third-order valence-corrected chi connectivity index (χ3v) is 2.88. The smallest absolute Gasteiger partial charge is 0.310 e. The van der Waals surface area contributed by atoms with Crippen molar-refractivity contribution in [3.63, 3.8) is 0 Å². The molecule has 0 aliphatic carbocycles. The molecule has 1 fully saturated rings. The molecule has 1 aliphatic rings. The lowest BCUT2D eigenvalue weighted by molar-refractivity contribution is -0.152. The molecular formula is C12H22N2O4. The van der Waals surface area contributed by atoms with E-state index in [-0.39, 0.29) is 24.4 Å². The van der Waals surface area contributed by atoms with Crippen LogP contribution in [0.25, 0.3) is 0 Å². The molecule has 1 unspecified atom stereocenters. The molecule has 1 rings (SSSR count). The predicted octanol–water partition coefficient (Wildman–Crippen LogP) is -0.237. The number of amides is 1. The summed E-state index contributed by atoms with van der Waals surface area (Å²) < 4.78 is 10.1. The fraction of sp³-hybridized carbons (Fsp3) is 0.833. The van der Waals surface area contributed by atoms with Crippen LogP contribution in [0.3, 0.4) is 0 Å². The van der Waals surface area contributed by atoms with E-state index in [4.69, 9.17) is 15.2 Å². The molecule has 0 aromatic heterocycles. The van der Waals surface area contributed by atoms with E-state index < -0.39 is 0 Å². The largest absolute Gasteiger partial charge is 0.466 e. The first kappa shape index (κ1) is 14.9. The van der Waals surface area contributed by atoms with Crippen molar-refractivity contribution in [1.82, 2.24) is 4.90 Å². The number of carbonyl (C=O) groups excluding carboxylic acids is 2. The van der Waals surface area contributed by atoms with Crippen molar-refractivity contribution in [2.24, 2.45) is 11.7 Å². The number of carbonyl (C=O) groups is 2. The zero-order valence-electron chi connectivity index (χ0n) is 10.9. The standard InChI is InChI=1S/C12H22N2O4/c1-2-18-12(16)10-4-3-6-14(8-10)11(15)9-17-7-5-13/h10H,2-9,13H2,1H3. The van der Waals surface area contributed by atoms with Gasteiger partial charge in [-0.1, -0.05) is 0 Å². The number of nitrogens with two attached hydrogens (primary N) is 1. The Hall–Kier alpha value is -1.14. The molecule has 6 heteroatoms. The summed E-state index contributed by atoms with van der Waals surface area (Å²) >= 11 is 0. The number of ether oxygens (including phenoxy) is 2. The molecule has 0 spiro atoms. The van der Waals surface area contributed by atoms with Crippen molar-refractivity contribution in [3.8, 4) is 0 Å². The molecule has 1 atom stereocenters. The summed E-state index contributed by atoms with van der Waals surface area (Å²) in [5, 5.41) is 0. The molecule has 18 heavy (non-hydrogen) atoms. The van der Waals surface area contributed by atoms with Gasteiger partial charge in [0.2, 0.25) is 5.91 Å². The molecule has 1 amide bonds. The third-order valence-electron chi connectivity index (χ3n) is 2.88. The van der Waals surface area contributed by atoms with Gasteiger partial charge in [0, 0.05) is 19.6 Å². The van der Waals surface area contributed by atoms with Crippen LogP contribution in [-0.4, -0.2) is 56.2 Å². The van der Waals surface area contributed by atoms with Crippen LogP contribution in [0.15, 0.2) is 0 Å². The predicted molar refractivity (Wildman–Crippen MR) is 65.8 cm³/mol. The van der Waals surface area contributed by atoms with Crippen LogP contribution < -0.4 is 5.73 Å². The van der Waals surface area contributed by atoms with Crippen molar-refractivity contribution in [2.75, 3.05) is 39.5 Å². The van der Waals surface area contributed by atoms with E-state index in [1.807, 2.05) is 0 Å². The second-order valence-corrected chi connectivity index (χ2v) is 4.27. The summed E-state index contributed by atoms with van der Waals surface area (Å²) in [6.45, 7) is 4.09. The molecule has 2 N–H and O–H groups in total. The lowest BCUT2D eigenvalue weighted by Crippen LogP contribution is -2.44. The van der Waals surface area contributed by atoms with E-state index in [2.05, 4.69) is 0 Å². The average molecular weight is 258 g/mol. The highest BCUT2D eigenvalue weighted by atomic mass is 16.5. The van der Waals surface area contributed by atoms with Crippen molar-refractivity contribution >= 4 is 11.9 Å². The fourth-order valence-electron chi connectivity index (χ4n) is 1.99. The molecule has 0 saturated carbocycles. The van der Waals surface area contributed by atoms with Gasteiger partial charge in [0.1, 0.15) is 6.61 Å². The van der Waals surface area contributed by atoms with Gasteiger partial charge in [-0.2, -0.15) is 0 Å². The average Bonchev–Trinajstić information content (AvgIpc) is 2.39. The highest BCUT2D eigenvalue weighted by molar-refractivity contribution is 5.79. The van der Waals surface area contributed by atoms with E-state index in [0.717, 1.165) is 12.8 Å². The molecule has 1 aliphatic heterocycles. The Bertz CT molecular complexity index is 283. The third kappa shape index (κ3) is 4.62. The van der Waals surface area contributed by atoms with Gasteiger partial charge in [0.15, 0.2) is 0 Å². The normalized spacial score (nSPS) is 19.7. The summed E-state index contributed by atoms with van der Waals surface area (Å²) in [5.41, 5.74) is 5.28. The Balaban J connectivity index is 2.38. The van der Waals surface area contributed by atoms with Crippen LogP contribution in [-0.2, 0) is 19.1 Å². The maximum atomic E-state index is 11.8. The molecule has 0 bridgehead atoms. The van der Waals surface area contributed by atoms with Crippen LogP contribution in [0.5, 0.6) is 0 Å². The summed E-state index contributed by atoms with van der Waals surface area (Å²) in [7, 11) is 0. The van der Waals surface area contributed by atoms with Crippen LogP contribution >= 0.6 is 0 Å². The van der Waals surface area contributed by atoms with Gasteiger partial charge in [-0.05, 0) is 19.8 Å². The first-order valence-electron chi connectivity index (χ1n) is 6.41. The van der Waals surface area contributed by atoms with Crippen molar-refractivity contribution < 1.29 is 19.1 Å². The number of nitrogens with zero attached hydrogens (tertiary/aromatic N) is 1. The molecule has 6 nitrogen and oxygen atoms in total. The SMILES string of the molecule is CCOC(=O)C1CCCN(C(=O)COCCN)C1. The van der Waals surface area contributed by atoms with Crippen molar-refractivity contribution in [2.45, 2.75) is 19.8 Å². The van der Waals surface area contributed by atoms with Gasteiger partial charge >= 0.3 is 5.97 Å². The first-order chi connectivity index (χ1) is 8.69. The molecule has 0 radical (unpaired) electrons. The van der Waals surface area contributed by atoms with Gasteiger partial charge in [0.05, 0.1) is 19.1 Å². The van der Waals surface area contributed by atoms with Gasteiger partial charge in [0.25, 0.3) is 0 Å². The van der Waals surface area contributed by atoms with Crippen LogP contribution in [0.2, 0.25) is 0 Å². The van der Waals surface area contributed by atoms with Crippen molar-refractivity contribution in [1.29, 1.82) is 0 Å². The van der Waals surface area contributed by atoms with E-state index in [9.17, 15) is 9.59 Å². The Morgan fingerprint density at radius 2 is 2.22 bits per heavy atom. The number of likely N-dealkylation sites (tertiary alicyclic amines) is 1. The molecule has 1 heterocycles. The van der Waals surface area contributed by atoms with E-state index in [0.29, 0.717) is 32.8 Å². The lowest BCUT2D eigenvalue weighted by Gasteiger charge is -2.31. The van der Waals surface area contributed by atoms with Gasteiger partial charge in [-0.15, -0.1) is 0 Å². The topological polar surface area (TPSA) is 81.9 Å².